The molecule has 0 amide bonds. The molecular formula is C10H18ClN3O3S. The molecule has 0 spiro atoms. The molecule has 0 aliphatic rings. The van der Waals surface area contributed by atoms with Gasteiger partial charge in [0, 0.05) is 19.7 Å². The molecule has 6 nitrogen and oxygen atoms in total. The van der Waals surface area contributed by atoms with Crippen molar-refractivity contribution in [1.82, 2.24) is 14.3 Å². The molecule has 1 aromatic heterocycles. The minimum atomic E-state index is -3.76. The first-order valence-electron chi connectivity index (χ1n) is 5.59. The van der Waals surface area contributed by atoms with Gasteiger partial charge in [-0.1, -0.05) is 25.4 Å². The maximum Gasteiger partial charge on any atom is 0.261 e. The number of nitrogens with zero attached hydrogens (tertiary/aromatic N) is 2. The van der Waals surface area contributed by atoms with E-state index in [0.29, 0.717) is 6.42 Å². The summed E-state index contributed by atoms with van der Waals surface area (Å²) >= 11 is 5.87. The zero-order valence-corrected chi connectivity index (χ0v) is 12.2. The van der Waals surface area contributed by atoms with Crippen molar-refractivity contribution in [3.8, 4) is 0 Å². The third-order valence-electron chi connectivity index (χ3n) is 2.64. The van der Waals surface area contributed by atoms with Crippen molar-refractivity contribution in [3.63, 3.8) is 0 Å². The molecule has 8 heteroatoms. The normalized spacial score (nSPS) is 14.1. The zero-order valence-electron chi connectivity index (χ0n) is 10.6. The molecular weight excluding hydrogens is 278 g/mol. The number of aromatic nitrogens is 2. The van der Waals surface area contributed by atoms with Gasteiger partial charge >= 0.3 is 0 Å². The molecule has 0 aliphatic heterocycles. The van der Waals surface area contributed by atoms with Gasteiger partial charge in [-0.15, -0.1) is 0 Å². The Hall–Kier alpha value is -0.630. The van der Waals surface area contributed by atoms with Crippen molar-refractivity contribution in [2.24, 2.45) is 13.0 Å². The smallest absolute Gasteiger partial charge is 0.261 e. The molecule has 18 heavy (non-hydrogen) atoms. The van der Waals surface area contributed by atoms with E-state index in [1.54, 1.807) is 7.05 Å². The zero-order chi connectivity index (χ0) is 13.9. The van der Waals surface area contributed by atoms with Crippen LogP contribution in [0, 0.1) is 5.92 Å². The summed E-state index contributed by atoms with van der Waals surface area (Å²) in [6.45, 7) is 3.67. The Balaban J connectivity index is 2.97. The second-order valence-corrected chi connectivity index (χ2v) is 6.42. The monoisotopic (exact) mass is 295 g/mol. The lowest BCUT2D eigenvalue weighted by Gasteiger charge is -2.20. The number of hydrogen-bond acceptors (Lipinski definition) is 4. The van der Waals surface area contributed by atoms with E-state index in [1.807, 2.05) is 13.8 Å². The number of imidazole rings is 1. The molecule has 2 N–H and O–H groups in total. The summed E-state index contributed by atoms with van der Waals surface area (Å²) < 4.78 is 28.1. The Kier molecular flexibility index (Phi) is 5.15. The number of aryl methyl sites for hydroxylation is 1. The average molecular weight is 296 g/mol. The lowest BCUT2D eigenvalue weighted by Crippen LogP contribution is -2.39. The molecule has 1 aromatic rings. The fraction of sp³-hybridized carbons (Fsp3) is 0.700. The second kappa shape index (κ2) is 6.01. The van der Waals surface area contributed by atoms with Gasteiger partial charge < -0.3 is 9.67 Å². The van der Waals surface area contributed by atoms with E-state index < -0.39 is 10.0 Å². The Morgan fingerprint density at radius 2 is 2.17 bits per heavy atom. The van der Waals surface area contributed by atoms with Crippen LogP contribution in [-0.4, -0.2) is 35.7 Å². The van der Waals surface area contributed by atoms with Gasteiger partial charge in [-0.3, -0.25) is 0 Å². The predicted molar refractivity (Wildman–Crippen MR) is 68.9 cm³/mol. The van der Waals surface area contributed by atoms with Gasteiger partial charge in [-0.2, -0.15) is 0 Å². The third kappa shape index (κ3) is 3.44. The van der Waals surface area contributed by atoms with Crippen LogP contribution in [0.4, 0.5) is 0 Å². The van der Waals surface area contributed by atoms with Gasteiger partial charge in [0.25, 0.3) is 10.0 Å². The first-order valence-corrected chi connectivity index (χ1v) is 7.45. The van der Waals surface area contributed by atoms with Crippen LogP contribution in [0.5, 0.6) is 0 Å². The highest BCUT2D eigenvalue weighted by molar-refractivity contribution is 7.89. The first-order chi connectivity index (χ1) is 8.29. The van der Waals surface area contributed by atoms with Crippen LogP contribution in [0.25, 0.3) is 0 Å². The lowest BCUT2D eigenvalue weighted by atomic mass is 10.0. The van der Waals surface area contributed by atoms with Crippen LogP contribution >= 0.6 is 11.6 Å². The van der Waals surface area contributed by atoms with E-state index in [2.05, 4.69) is 9.71 Å². The summed E-state index contributed by atoms with van der Waals surface area (Å²) in [4.78, 5) is 3.78. The van der Waals surface area contributed by atoms with Crippen LogP contribution in [0.2, 0.25) is 5.15 Å². The van der Waals surface area contributed by atoms with Crippen LogP contribution < -0.4 is 4.72 Å². The van der Waals surface area contributed by atoms with Crippen molar-refractivity contribution >= 4 is 21.6 Å². The number of aliphatic hydroxyl groups excluding tert-OH is 1. The van der Waals surface area contributed by atoms with Crippen LogP contribution in [-0.2, 0) is 17.1 Å². The first kappa shape index (κ1) is 15.4. The van der Waals surface area contributed by atoms with Gasteiger partial charge in [0.1, 0.15) is 5.15 Å². The topological polar surface area (TPSA) is 84.2 Å². The van der Waals surface area contributed by atoms with E-state index in [-0.39, 0.29) is 28.7 Å². The van der Waals surface area contributed by atoms with E-state index >= 15 is 0 Å². The number of halogens is 1. The van der Waals surface area contributed by atoms with Crippen molar-refractivity contribution < 1.29 is 13.5 Å². The third-order valence-corrected chi connectivity index (χ3v) is 4.62. The maximum atomic E-state index is 12.1. The van der Waals surface area contributed by atoms with E-state index in [0.717, 1.165) is 0 Å². The molecule has 0 fully saturated rings. The minimum Gasteiger partial charge on any atom is -0.396 e. The highest BCUT2D eigenvalue weighted by Crippen LogP contribution is 2.20. The fourth-order valence-corrected chi connectivity index (χ4v) is 3.35. The van der Waals surface area contributed by atoms with Crippen LogP contribution in [0.1, 0.15) is 20.3 Å². The molecule has 0 saturated heterocycles. The Labute approximate surface area is 112 Å². The van der Waals surface area contributed by atoms with Crippen molar-refractivity contribution in [1.29, 1.82) is 0 Å². The molecule has 0 saturated carbocycles. The van der Waals surface area contributed by atoms with Crippen molar-refractivity contribution in [3.05, 3.63) is 11.5 Å². The number of rotatable bonds is 6. The summed E-state index contributed by atoms with van der Waals surface area (Å²) in [5.41, 5.74) is 0. The van der Waals surface area contributed by atoms with E-state index in [9.17, 15) is 8.42 Å². The van der Waals surface area contributed by atoms with Gasteiger partial charge in [-0.05, 0) is 12.3 Å². The quantitative estimate of drug-likeness (QED) is 0.811. The van der Waals surface area contributed by atoms with E-state index in [1.165, 1.54) is 10.9 Å². The summed E-state index contributed by atoms with van der Waals surface area (Å²) in [6, 6.07) is -0.349. The maximum absolute atomic E-state index is 12.1. The number of nitrogens with one attached hydrogen (secondary N) is 1. The molecule has 1 atom stereocenters. The lowest BCUT2D eigenvalue weighted by molar-refractivity contribution is 0.256. The fourth-order valence-electron chi connectivity index (χ4n) is 1.50. The number of sulfonamides is 1. The molecule has 0 radical (unpaired) electrons. The highest BCUT2D eigenvalue weighted by atomic mass is 35.5. The van der Waals surface area contributed by atoms with Crippen LogP contribution in [0.3, 0.4) is 0 Å². The van der Waals surface area contributed by atoms with E-state index in [4.69, 9.17) is 16.7 Å². The summed E-state index contributed by atoms with van der Waals surface area (Å²) in [5, 5.41) is 8.81. The largest absolute Gasteiger partial charge is 0.396 e. The molecule has 1 rings (SSSR count). The molecule has 104 valence electrons. The second-order valence-electron chi connectivity index (χ2n) is 4.44. The summed E-state index contributed by atoms with van der Waals surface area (Å²) in [6.07, 6.45) is 1.69. The van der Waals surface area contributed by atoms with Gasteiger partial charge in [-0.25, -0.2) is 18.1 Å². The Morgan fingerprint density at radius 3 is 2.56 bits per heavy atom. The summed E-state index contributed by atoms with van der Waals surface area (Å²) in [5.74, 6) is 0.0643. The predicted octanol–water partition coefficient (Wildman–Crippen LogP) is 0.759. The van der Waals surface area contributed by atoms with Gasteiger partial charge in [0.2, 0.25) is 5.03 Å². The van der Waals surface area contributed by atoms with Crippen LogP contribution in [0.15, 0.2) is 11.4 Å². The molecule has 0 bridgehead atoms. The Morgan fingerprint density at radius 1 is 1.56 bits per heavy atom. The minimum absolute atomic E-state index is 0.0639. The SMILES string of the molecule is CC(C)C(CCO)NS(=O)(=O)c1ncn(C)c1Cl. The molecule has 0 aromatic carbocycles. The molecule has 1 heterocycles. The van der Waals surface area contributed by atoms with Gasteiger partial charge in [0.15, 0.2) is 0 Å². The highest BCUT2D eigenvalue weighted by Gasteiger charge is 2.26. The standard InChI is InChI=1S/C10H18ClN3O3S/c1-7(2)8(4-5-15)13-18(16,17)10-9(11)14(3)6-12-10/h6-8,13,15H,4-5H2,1-3H3. The number of aliphatic hydroxyl groups is 1. The molecule has 0 aliphatic carbocycles. The van der Waals surface area contributed by atoms with Crippen molar-refractivity contribution in [2.45, 2.75) is 31.3 Å². The van der Waals surface area contributed by atoms with Crippen molar-refractivity contribution in [2.75, 3.05) is 6.61 Å². The Bertz CT molecular complexity index is 498. The summed E-state index contributed by atoms with van der Waals surface area (Å²) in [7, 11) is -2.15. The van der Waals surface area contributed by atoms with Gasteiger partial charge in [0.05, 0.1) is 6.33 Å². The average Bonchev–Trinajstić information content (AvgIpc) is 2.59. The molecule has 1 unspecified atom stereocenters. The number of hydrogen-bond donors (Lipinski definition) is 2.